The highest BCUT2D eigenvalue weighted by molar-refractivity contribution is 7.71. The van der Waals surface area contributed by atoms with Gasteiger partial charge in [0.1, 0.15) is 16.6 Å². The molecule has 1 rings (SSSR count). The summed E-state index contributed by atoms with van der Waals surface area (Å²) >= 11 is 5.26. The molecule has 0 aliphatic heterocycles. The molecule has 1 heterocycles. The zero-order valence-corrected chi connectivity index (χ0v) is 13.2. The molecule has 4 heteroatoms. The molecular formula is C14H24N2OS. The van der Waals surface area contributed by atoms with Crippen LogP contribution in [0.2, 0.25) is 0 Å². The Bertz CT molecular complexity index is 466. The van der Waals surface area contributed by atoms with Crippen LogP contribution in [0.4, 0.5) is 0 Å². The van der Waals surface area contributed by atoms with Gasteiger partial charge < -0.3 is 9.72 Å². The number of hydrogen-bond acceptors (Lipinski definition) is 3. The first kappa shape index (κ1) is 15.3. The molecule has 1 N–H and O–H groups in total. The maximum Gasteiger partial charge on any atom is 0.137 e. The second-order valence-electron chi connectivity index (χ2n) is 6.75. The highest BCUT2D eigenvalue weighted by atomic mass is 32.1. The van der Waals surface area contributed by atoms with Crippen LogP contribution in [-0.4, -0.2) is 17.1 Å². The lowest BCUT2D eigenvalue weighted by Gasteiger charge is -2.29. The van der Waals surface area contributed by atoms with Crippen LogP contribution in [-0.2, 0) is 10.2 Å². The van der Waals surface area contributed by atoms with E-state index in [1.165, 1.54) is 0 Å². The molecule has 1 aromatic heterocycles. The Labute approximate surface area is 115 Å². The number of aromatic nitrogens is 2. The summed E-state index contributed by atoms with van der Waals surface area (Å²) in [6, 6.07) is 1.92. The third-order valence-corrected chi connectivity index (χ3v) is 3.05. The Balaban J connectivity index is 3.34. The van der Waals surface area contributed by atoms with E-state index in [4.69, 9.17) is 17.0 Å². The molecular weight excluding hydrogens is 244 g/mol. The number of rotatable bonds is 2. The van der Waals surface area contributed by atoms with Crippen LogP contribution in [0, 0.1) is 10.1 Å². The molecule has 0 saturated carbocycles. The number of methoxy groups -OCH3 is 1. The molecule has 0 aliphatic rings. The van der Waals surface area contributed by atoms with Gasteiger partial charge in [0.15, 0.2) is 0 Å². The van der Waals surface area contributed by atoms with Gasteiger partial charge in [-0.05, 0) is 11.5 Å². The van der Waals surface area contributed by atoms with E-state index in [9.17, 15) is 0 Å². The molecule has 1 aromatic rings. The lowest BCUT2D eigenvalue weighted by molar-refractivity contribution is 0.00830. The van der Waals surface area contributed by atoms with Crippen LogP contribution in [0.15, 0.2) is 6.07 Å². The van der Waals surface area contributed by atoms with Crippen molar-refractivity contribution in [3.8, 4) is 0 Å². The van der Waals surface area contributed by atoms with Crippen molar-refractivity contribution < 1.29 is 4.74 Å². The van der Waals surface area contributed by atoms with E-state index in [-0.39, 0.29) is 16.9 Å². The molecule has 0 aliphatic carbocycles. The minimum atomic E-state index is -0.0958. The van der Waals surface area contributed by atoms with Gasteiger partial charge in [-0.1, -0.05) is 53.8 Å². The van der Waals surface area contributed by atoms with Crippen LogP contribution in [0.3, 0.4) is 0 Å². The lowest BCUT2D eigenvalue weighted by Crippen LogP contribution is -2.24. The van der Waals surface area contributed by atoms with Crippen LogP contribution in [0.1, 0.15) is 59.2 Å². The van der Waals surface area contributed by atoms with Crippen molar-refractivity contribution in [2.75, 3.05) is 7.11 Å². The number of H-pyrrole nitrogens is 1. The summed E-state index contributed by atoms with van der Waals surface area (Å²) in [7, 11) is 1.71. The van der Waals surface area contributed by atoms with Crippen LogP contribution < -0.4 is 0 Å². The zero-order valence-electron chi connectivity index (χ0n) is 12.4. The Morgan fingerprint density at radius 3 is 2.17 bits per heavy atom. The summed E-state index contributed by atoms with van der Waals surface area (Å²) in [4.78, 5) is 7.80. The van der Waals surface area contributed by atoms with Gasteiger partial charge in [0.05, 0.1) is 0 Å². The maximum absolute atomic E-state index is 5.58. The minimum Gasteiger partial charge on any atom is -0.373 e. The van der Waals surface area contributed by atoms with E-state index in [0.29, 0.717) is 4.64 Å². The molecule has 102 valence electrons. The third-order valence-electron chi connectivity index (χ3n) is 2.84. The Morgan fingerprint density at radius 1 is 1.22 bits per heavy atom. The predicted molar refractivity (Wildman–Crippen MR) is 77.3 cm³/mol. The summed E-state index contributed by atoms with van der Waals surface area (Å²) in [5, 5.41) is 0. The quantitative estimate of drug-likeness (QED) is 0.818. The molecule has 0 bridgehead atoms. The van der Waals surface area contributed by atoms with Gasteiger partial charge in [-0.25, -0.2) is 4.98 Å². The van der Waals surface area contributed by atoms with Gasteiger partial charge in [-0.2, -0.15) is 0 Å². The first-order valence-corrected chi connectivity index (χ1v) is 6.61. The summed E-state index contributed by atoms with van der Waals surface area (Å²) in [6.07, 6.45) is -0.0958. The monoisotopic (exact) mass is 268 g/mol. The normalized spacial score (nSPS) is 14.6. The van der Waals surface area contributed by atoms with Crippen molar-refractivity contribution in [3.05, 3.63) is 22.2 Å². The third kappa shape index (κ3) is 3.62. The highest BCUT2D eigenvalue weighted by Gasteiger charge is 2.29. The van der Waals surface area contributed by atoms with Gasteiger partial charge in [0.2, 0.25) is 0 Å². The number of hydrogen-bond donors (Lipinski definition) is 1. The van der Waals surface area contributed by atoms with E-state index in [1.54, 1.807) is 7.11 Å². The average Bonchev–Trinajstić information content (AvgIpc) is 2.13. The van der Waals surface area contributed by atoms with Crippen LogP contribution in [0.25, 0.3) is 0 Å². The number of nitrogens with zero attached hydrogens (tertiary/aromatic N) is 1. The number of ether oxygens (including phenoxy) is 1. The summed E-state index contributed by atoms with van der Waals surface area (Å²) in [6.45, 7) is 12.8. The Morgan fingerprint density at radius 2 is 1.78 bits per heavy atom. The molecule has 0 fully saturated rings. The Kier molecular flexibility index (Phi) is 4.34. The van der Waals surface area contributed by atoms with Crippen molar-refractivity contribution in [3.63, 3.8) is 0 Å². The van der Waals surface area contributed by atoms with Gasteiger partial charge in [-0.15, -0.1) is 0 Å². The van der Waals surface area contributed by atoms with E-state index in [2.05, 4.69) is 51.5 Å². The molecule has 0 aromatic carbocycles. The van der Waals surface area contributed by atoms with Crippen LogP contribution >= 0.6 is 12.2 Å². The molecule has 0 spiro atoms. The minimum absolute atomic E-state index is 0.0153. The van der Waals surface area contributed by atoms with Crippen molar-refractivity contribution in [1.29, 1.82) is 0 Å². The van der Waals surface area contributed by atoms with Crippen molar-refractivity contribution >= 4 is 12.2 Å². The van der Waals surface area contributed by atoms with Gasteiger partial charge >= 0.3 is 0 Å². The summed E-state index contributed by atoms with van der Waals surface area (Å²) < 4.78 is 6.19. The molecule has 18 heavy (non-hydrogen) atoms. The molecule has 1 atom stereocenters. The predicted octanol–water partition coefficient (Wildman–Crippen LogP) is 4.17. The zero-order chi connectivity index (χ0) is 14.1. The van der Waals surface area contributed by atoms with E-state index < -0.39 is 0 Å². The Hall–Kier alpha value is -0.740. The van der Waals surface area contributed by atoms with Gasteiger partial charge in [0, 0.05) is 18.2 Å². The number of nitrogens with one attached hydrogen (secondary N) is 1. The molecule has 0 amide bonds. The SMILES string of the molecule is COC(c1nc(=S)cc(C(C)(C)C)[nH]1)C(C)(C)C. The molecule has 3 nitrogen and oxygen atoms in total. The molecule has 1 unspecified atom stereocenters. The van der Waals surface area contributed by atoms with E-state index in [1.807, 2.05) is 6.07 Å². The van der Waals surface area contributed by atoms with Crippen molar-refractivity contribution in [2.24, 2.45) is 5.41 Å². The fourth-order valence-electron chi connectivity index (χ4n) is 1.88. The lowest BCUT2D eigenvalue weighted by atomic mass is 9.87. The van der Waals surface area contributed by atoms with E-state index in [0.717, 1.165) is 11.5 Å². The van der Waals surface area contributed by atoms with Crippen molar-refractivity contribution in [2.45, 2.75) is 53.1 Å². The van der Waals surface area contributed by atoms with Gasteiger partial charge in [-0.3, -0.25) is 0 Å². The first-order chi connectivity index (χ1) is 8.05. The average molecular weight is 268 g/mol. The molecule has 0 saturated heterocycles. The topological polar surface area (TPSA) is 37.9 Å². The van der Waals surface area contributed by atoms with Gasteiger partial charge in [0.25, 0.3) is 0 Å². The second kappa shape index (κ2) is 5.10. The largest absolute Gasteiger partial charge is 0.373 e. The van der Waals surface area contributed by atoms with Crippen molar-refractivity contribution in [1.82, 2.24) is 9.97 Å². The summed E-state index contributed by atoms with van der Waals surface area (Å²) in [5.74, 6) is 0.808. The first-order valence-electron chi connectivity index (χ1n) is 6.20. The fourth-order valence-corrected chi connectivity index (χ4v) is 2.10. The smallest absolute Gasteiger partial charge is 0.137 e. The number of aromatic amines is 1. The summed E-state index contributed by atoms with van der Waals surface area (Å²) in [5.41, 5.74) is 1.07. The maximum atomic E-state index is 5.58. The van der Waals surface area contributed by atoms with E-state index >= 15 is 0 Å². The van der Waals surface area contributed by atoms with Crippen LogP contribution in [0.5, 0.6) is 0 Å². The molecule has 0 radical (unpaired) electrons. The fraction of sp³-hybridized carbons (Fsp3) is 0.714. The highest BCUT2D eigenvalue weighted by Crippen LogP contribution is 2.34. The standard InChI is InChI=1S/C14H24N2OS/c1-13(2,3)9-8-10(18)16-12(15-9)11(17-7)14(4,5)6/h8,11H,1-7H3,(H,15,16,18). The second-order valence-corrected chi connectivity index (χ2v) is 7.17.